The molecule has 5 nitrogen and oxygen atoms in total. The van der Waals surface area contributed by atoms with Gasteiger partial charge in [0.1, 0.15) is 0 Å². The van der Waals surface area contributed by atoms with Gasteiger partial charge in [0.2, 0.25) is 10.0 Å². The van der Waals surface area contributed by atoms with Gasteiger partial charge in [-0.3, -0.25) is 4.79 Å². The molecule has 2 aromatic rings. The maximum atomic E-state index is 12.1. The third kappa shape index (κ3) is 3.70. The van der Waals surface area contributed by atoms with Crippen molar-refractivity contribution in [1.82, 2.24) is 0 Å². The second kappa shape index (κ2) is 5.88. The number of sulfonamides is 1. The predicted molar refractivity (Wildman–Crippen MR) is 87.3 cm³/mol. The van der Waals surface area contributed by atoms with E-state index < -0.39 is 10.0 Å². The van der Waals surface area contributed by atoms with Crippen molar-refractivity contribution in [3.63, 3.8) is 0 Å². The Morgan fingerprint density at radius 3 is 2.43 bits per heavy atom. The monoisotopic (exact) mass is 388 g/mol. The molecule has 0 bridgehead atoms. The van der Waals surface area contributed by atoms with E-state index in [4.69, 9.17) is 5.14 Å². The molecule has 0 radical (unpaired) electrons. The van der Waals surface area contributed by atoms with Crippen LogP contribution in [0.2, 0.25) is 0 Å². The summed E-state index contributed by atoms with van der Waals surface area (Å²) in [5.74, 6) is -0.293. The van der Waals surface area contributed by atoms with Crippen molar-refractivity contribution >= 4 is 48.9 Å². The number of hydrogen-bond donors (Lipinski definition) is 2. The standard InChI is InChI=1S/C13H13BrN2O3S2/c1-7-3-4-9(6-11(7)21(15,18)19)16-13(17)10-5-8(2)12(14)20-10/h3-6H,1-2H3,(H,16,17)(H2,15,18,19). The molecule has 21 heavy (non-hydrogen) atoms. The largest absolute Gasteiger partial charge is 0.321 e. The zero-order valence-corrected chi connectivity index (χ0v) is 14.5. The van der Waals surface area contributed by atoms with Crippen LogP contribution in [0.5, 0.6) is 0 Å². The maximum absolute atomic E-state index is 12.1. The van der Waals surface area contributed by atoms with Crippen molar-refractivity contribution in [3.8, 4) is 0 Å². The minimum atomic E-state index is -3.82. The Morgan fingerprint density at radius 2 is 1.90 bits per heavy atom. The topological polar surface area (TPSA) is 89.3 Å². The Hall–Kier alpha value is -1.22. The summed E-state index contributed by atoms with van der Waals surface area (Å²) in [6.45, 7) is 3.54. The van der Waals surface area contributed by atoms with Crippen molar-refractivity contribution in [2.75, 3.05) is 5.32 Å². The summed E-state index contributed by atoms with van der Waals surface area (Å²) >= 11 is 4.68. The number of halogens is 1. The number of nitrogens with one attached hydrogen (secondary N) is 1. The van der Waals surface area contributed by atoms with Crippen molar-refractivity contribution in [1.29, 1.82) is 0 Å². The average Bonchev–Trinajstić information content (AvgIpc) is 2.71. The fourth-order valence-corrected chi connectivity index (χ4v) is 3.99. The summed E-state index contributed by atoms with van der Waals surface area (Å²) in [7, 11) is -3.82. The minimum Gasteiger partial charge on any atom is -0.321 e. The lowest BCUT2D eigenvalue weighted by Crippen LogP contribution is -2.15. The second-order valence-corrected chi connectivity index (χ2v) is 8.45. The van der Waals surface area contributed by atoms with Gasteiger partial charge in [0, 0.05) is 5.69 Å². The molecule has 3 N–H and O–H groups in total. The molecule has 0 fully saturated rings. The first-order valence-corrected chi connectivity index (χ1v) is 9.05. The summed E-state index contributed by atoms with van der Waals surface area (Å²) in [6, 6.07) is 6.36. The van der Waals surface area contributed by atoms with Gasteiger partial charge in [-0.05, 0) is 59.1 Å². The number of primary sulfonamides is 1. The zero-order valence-electron chi connectivity index (χ0n) is 11.3. The Bertz CT molecular complexity index is 793. The van der Waals surface area contributed by atoms with Crippen molar-refractivity contribution in [2.45, 2.75) is 18.7 Å². The molecule has 0 aliphatic heterocycles. The summed E-state index contributed by atoms with van der Waals surface area (Å²) in [5, 5.41) is 7.82. The molecule has 0 spiro atoms. The highest BCUT2D eigenvalue weighted by molar-refractivity contribution is 9.11. The quantitative estimate of drug-likeness (QED) is 0.846. The average molecular weight is 389 g/mol. The first-order valence-electron chi connectivity index (χ1n) is 5.89. The van der Waals surface area contributed by atoms with Crippen LogP contribution in [0.25, 0.3) is 0 Å². The van der Waals surface area contributed by atoms with Gasteiger partial charge in [-0.15, -0.1) is 11.3 Å². The fourth-order valence-electron chi connectivity index (χ4n) is 1.75. The number of carbonyl (C=O) groups is 1. The summed E-state index contributed by atoms with van der Waals surface area (Å²) < 4.78 is 23.8. The zero-order chi connectivity index (χ0) is 15.8. The first-order chi connectivity index (χ1) is 9.68. The van der Waals surface area contributed by atoms with Gasteiger partial charge < -0.3 is 5.32 Å². The highest BCUT2D eigenvalue weighted by Crippen LogP contribution is 2.28. The summed E-state index contributed by atoms with van der Waals surface area (Å²) in [4.78, 5) is 12.7. The maximum Gasteiger partial charge on any atom is 0.265 e. The van der Waals surface area contributed by atoms with Crippen LogP contribution in [0.1, 0.15) is 20.8 Å². The molecule has 1 aromatic carbocycles. The molecule has 0 aliphatic rings. The Kier molecular flexibility index (Phi) is 4.52. The highest BCUT2D eigenvalue weighted by atomic mass is 79.9. The summed E-state index contributed by atoms with van der Waals surface area (Å²) in [5.41, 5.74) is 1.89. The van der Waals surface area contributed by atoms with Crippen LogP contribution >= 0.6 is 27.3 Å². The molecular formula is C13H13BrN2O3S2. The number of anilines is 1. The number of aryl methyl sites for hydroxylation is 2. The van der Waals surface area contributed by atoms with E-state index in [0.29, 0.717) is 16.1 Å². The number of carbonyl (C=O) groups excluding carboxylic acids is 1. The molecule has 0 saturated heterocycles. The number of nitrogens with two attached hydrogens (primary N) is 1. The van der Waals surface area contributed by atoms with Crippen LogP contribution in [0.3, 0.4) is 0 Å². The van der Waals surface area contributed by atoms with E-state index >= 15 is 0 Å². The molecular weight excluding hydrogens is 376 g/mol. The molecule has 112 valence electrons. The van der Waals surface area contributed by atoms with E-state index in [1.807, 2.05) is 6.92 Å². The minimum absolute atomic E-state index is 0.00356. The second-order valence-electron chi connectivity index (χ2n) is 4.55. The lowest BCUT2D eigenvalue weighted by Gasteiger charge is -2.08. The van der Waals surface area contributed by atoms with E-state index in [1.54, 1.807) is 25.1 Å². The Balaban J connectivity index is 2.30. The van der Waals surface area contributed by atoms with E-state index in [1.165, 1.54) is 17.4 Å². The third-order valence-electron chi connectivity index (χ3n) is 2.83. The number of hydrogen-bond acceptors (Lipinski definition) is 4. The van der Waals surface area contributed by atoms with E-state index in [2.05, 4.69) is 21.2 Å². The molecule has 0 atom stereocenters. The number of thiophene rings is 1. The number of rotatable bonds is 3. The van der Waals surface area contributed by atoms with Crippen molar-refractivity contribution in [2.24, 2.45) is 5.14 Å². The van der Waals surface area contributed by atoms with E-state index in [-0.39, 0.29) is 10.8 Å². The third-order valence-corrected chi connectivity index (χ3v) is 6.02. The van der Waals surface area contributed by atoms with Crippen LogP contribution in [0, 0.1) is 13.8 Å². The molecule has 1 heterocycles. The van der Waals surface area contributed by atoms with Gasteiger partial charge in [0.05, 0.1) is 13.6 Å². The smallest absolute Gasteiger partial charge is 0.265 e. The first kappa shape index (κ1) is 16.2. The van der Waals surface area contributed by atoms with E-state index in [9.17, 15) is 13.2 Å². The SMILES string of the molecule is Cc1ccc(NC(=O)c2cc(C)c(Br)s2)cc1S(N)(=O)=O. The molecule has 0 aliphatic carbocycles. The predicted octanol–water partition coefficient (Wildman–Crippen LogP) is 3.03. The van der Waals surface area contributed by atoms with Crippen LogP contribution in [0.15, 0.2) is 32.9 Å². The van der Waals surface area contributed by atoms with Crippen molar-refractivity contribution < 1.29 is 13.2 Å². The molecule has 0 saturated carbocycles. The van der Waals surface area contributed by atoms with Gasteiger partial charge in [0.15, 0.2) is 0 Å². The van der Waals surface area contributed by atoms with Gasteiger partial charge in [-0.2, -0.15) is 0 Å². The van der Waals surface area contributed by atoms with E-state index in [0.717, 1.165) is 9.35 Å². The molecule has 1 aromatic heterocycles. The Morgan fingerprint density at radius 1 is 1.24 bits per heavy atom. The lowest BCUT2D eigenvalue weighted by molar-refractivity contribution is 0.103. The number of benzene rings is 1. The van der Waals surface area contributed by atoms with Crippen LogP contribution < -0.4 is 10.5 Å². The van der Waals surface area contributed by atoms with Crippen LogP contribution in [-0.4, -0.2) is 14.3 Å². The number of amides is 1. The van der Waals surface area contributed by atoms with Crippen LogP contribution in [0.4, 0.5) is 5.69 Å². The fraction of sp³-hybridized carbons (Fsp3) is 0.154. The van der Waals surface area contributed by atoms with Gasteiger partial charge >= 0.3 is 0 Å². The highest BCUT2D eigenvalue weighted by Gasteiger charge is 2.15. The molecule has 8 heteroatoms. The van der Waals surface area contributed by atoms with Gasteiger partial charge in [0.25, 0.3) is 5.91 Å². The van der Waals surface area contributed by atoms with Gasteiger partial charge in [-0.25, -0.2) is 13.6 Å². The summed E-state index contributed by atoms with van der Waals surface area (Å²) in [6.07, 6.45) is 0. The lowest BCUT2D eigenvalue weighted by atomic mass is 10.2. The van der Waals surface area contributed by atoms with Crippen LogP contribution in [-0.2, 0) is 10.0 Å². The molecule has 2 rings (SSSR count). The van der Waals surface area contributed by atoms with Crippen molar-refractivity contribution in [3.05, 3.63) is 44.1 Å². The molecule has 0 unspecified atom stereocenters. The Labute approximate surface area is 135 Å². The van der Waals surface area contributed by atoms with Gasteiger partial charge in [-0.1, -0.05) is 6.07 Å². The molecule has 1 amide bonds. The normalized spacial score (nSPS) is 11.4.